The van der Waals surface area contributed by atoms with E-state index in [1.807, 2.05) is 0 Å². The maximum absolute atomic E-state index is 6.31. The molecule has 1 aliphatic heterocycles. The first-order chi connectivity index (χ1) is 8.39. The lowest BCUT2D eigenvalue weighted by Crippen LogP contribution is -2.65. The van der Waals surface area contributed by atoms with Crippen molar-refractivity contribution in [1.29, 1.82) is 0 Å². The predicted molar refractivity (Wildman–Crippen MR) is 73.0 cm³/mol. The first-order valence-corrected chi connectivity index (χ1v) is 7.48. The molecule has 1 saturated heterocycles. The minimum atomic E-state index is -0.185. The lowest BCUT2D eigenvalue weighted by molar-refractivity contribution is -0.199. The van der Waals surface area contributed by atoms with Crippen LogP contribution >= 0.6 is 0 Å². The van der Waals surface area contributed by atoms with E-state index >= 15 is 0 Å². The molecule has 2 bridgehead atoms. The van der Waals surface area contributed by atoms with Crippen molar-refractivity contribution in [1.82, 2.24) is 0 Å². The fourth-order valence-corrected chi connectivity index (χ4v) is 4.55. The van der Waals surface area contributed by atoms with E-state index in [-0.39, 0.29) is 24.8 Å². The molecular formula is C14H26BNO2. The Balaban J connectivity index is 1.76. The van der Waals surface area contributed by atoms with Crippen LogP contribution in [0.4, 0.5) is 0 Å². The second-order valence-electron chi connectivity index (χ2n) is 7.29. The molecule has 0 unspecified atom stereocenters. The molecule has 0 aromatic heterocycles. The fraction of sp³-hybridized carbons (Fsp3) is 1.00. The third-order valence-corrected chi connectivity index (χ3v) is 5.94. The maximum atomic E-state index is 6.31. The van der Waals surface area contributed by atoms with Crippen LogP contribution in [0, 0.1) is 17.3 Å². The summed E-state index contributed by atoms with van der Waals surface area (Å²) in [6.07, 6.45) is 4.78. The molecule has 4 heteroatoms. The Labute approximate surface area is 111 Å². The first-order valence-electron chi connectivity index (χ1n) is 7.48. The second kappa shape index (κ2) is 3.97. The topological polar surface area (TPSA) is 44.5 Å². The molecular weight excluding hydrogens is 225 g/mol. The van der Waals surface area contributed by atoms with Crippen molar-refractivity contribution in [3.05, 3.63) is 0 Å². The fourth-order valence-electron chi connectivity index (χ4n) is 4.55. The monoisotopic (exact) mass is 251 g/mol. The number of hydrogen-bond donors (Lipinski definition) is 1. The van der Waals surface area contributed by atoms with Crippen LogP contribution < -0.4 is 5.73 Å². The summed E-state index contributed by atoms with van der Waals surface area (Å²) < 4.78 is 12.4. The Morgan fingerprint density at radius 2 is 2.06 bits per heavy atom. The molecule has 0 aromatic rings. The number of rotatable bonds is 3. The molecule has 3 nitrogen and oxygen atoms in total. The van der Waals surface area contributed by atoms with Crippen molar-refractivity contribution in [2.75, 3.05) is 0 Å². The molecule has 0 aromatic carbocycles. The molecule has 4 aliphatic rings. The largest absolute Gasteiger partial charge is 0.475 e. The van der Waals surface area contributed by atoms with Crippen LogP contribution in [-0.4, -0.2) is 24.8 Å². The van der Waals surface area contributed by atoms with Gasteiger partial charge in [-0.05, 0) is 43.4 Å². The first kappa shape index (κ1) is 13.0. The summed E-state index contributed by atoms with van der Waals surface area (Å²) in [4.78, 5) is 0. The minimum Gasteiger partial charge on any atom is -0.404 e. The normalized spacial score (nSPS) is 46.5. The van der Waals surface area contributed by atoms with Crippen LogP contribution in [0.2, 0.25) is 0 Å². The van der Waals surface area contributed by atoms with Crippen LogP contribution in [0.1, 0.15) is 53.4 Å². The van der Waals surface area contributed by atoms with E-state index < -0.39 is 0 Å². The molecule has 5 atom stereocenters. The molecule has 4 fully saturated rings. The zero-order chi connectivity index (χ0) is 13.1. The summed E-state index contributed by atoms with van der Waals surface area (Å²) in [5, 5.41) is 0. The Morgan fingerprint density at radius 1 is 1.33 bits per heavy atom. The molecule has 0 radical (unpaired) electrons. The lowest BCUT2D eigenvalue weighted by Gasteiger charge is -2.64. The molecule has 3 saturated carbocycles. The van der Waals surface area contributed by atoms with Crippen LogP contribution in [0.3, 0.4) is 0 Å². The van der Waals surface area contributed by atoms with E-state index in [2.05, 4.69) is 27.7 Å². The van der Waals surface area contributed by atoms with Gasteiger partial charge in [0.1, 0.15) is 0 Å². The van der Waals surface area contributed by atoms with Gasteiger partial charge in [0, 0.05) is 5.94 Å². The predicted octanol–water partition coefficient (Wildman–Crippen LogP) is 2.38. The highest BCUT2D eigenvalue weighted by atomic mass is 16.7. The number of nitrogens with two attached hydrogens (primary N) is 1. The summed E-state index contributed by atoms with van der Waals surface area (Å²) in [7, 11) is -0.185. The smallest absolute Gasteiger partial charge is 0.404 e. The molecule has 0 spiro atoms. The Bertz CT molecular complexity index is 349. The minimum absolute atomic E-state index is 0.0257. The molecule has 3 aliphatic carbocycles. The van der Waals surface area contributed by atoms with Gasteiger partial charge in [0.15, 0.2) is 0 Å². The molecule has 2 N–H and O–H groups in total. The van der Waals surface area contributed by atoms with Gasteiger partial charge in [-0.1, -0.05) is 27.2 Å². The van der Waals surface area contributed by atoms with Gasteiger partial charge in [-0.2, -0.15) is 0 Å². The van der Waals surface area contributed by atoms with Gasteiger partial charge < -0.3 is 15.0 Å². The highest BCUT2D eigenvalue weighted by Gasteiger charge is 2.68. The quantitative estimate of drug-likeness (QED) is 0.783. The summed E-state index contributed by atoms with van der Waals surface area (Å²) >= 11 is 0. The van der Waals surface area contributed by atoms with Crippen molar-refractivity contribution in [3.63, 3.8) is 0 Å². The Morgan fingerprint density at radius 3 is 2.67 bits per heavy atom. The van der Waals surface area contributed by atoms with Crippen molar-refractivity contribution in [2.45, 2.75) is 71.0 Å². The highest BCUT2D eigenvalue weighted by Crippen LogP contribution is 2.65. The average molecular weight is 251 g/mol. The van der Waals surface area contributed by atoms with Crippen LogP contribution in [0.5, 0.6) is 0 Å². The van der Waals surface area contributed by atoms with E-state index in [0.717, 1.165) is 25.2 Å². The Hall–Kier alpha value is -0.0551. The molecule has 102 valence electrons. The van der Waals surface area contributed by atoms with Gasteiger partial charge >= 0.3 is 7.12 Å². The van der Waals surface area contributed by atoms with Crippen LogP contribution in [0.15, 0.2) is 0 Å². The average Bonchev–Trinajstić information content (AvgIpc) is 2.65. The summed E-state index contributed by atoms with van der Waals surface area (Å²) in [5.74, 6) is 1.47. The maximum Gasteiger partial charge on any atom is 0.475 e. The molecule has 0 amide bonds. The van der Waals surface area contributed by atoms with E-state index in [4.69, 9.17) is 15.0 Å². The lowest BCUT2D eigenvalue weighted by atomic mass is 9.43. The zero-order valence-electron chi connectivity index (χ0n) is 12.1. The van der Waals surface area contributed by atoms with Crippen molar-refractivity contribution in [2.24, 2.45) is 23.0 Å². The molecule has 18 heavy (non-hydrogen) atoms. The number of hydrogen-bond acceptors (Lipinski definition) is 3. The zero-order valence-corrected chi connectivity index (χ0v) is 12.1. The summed E-state index contributed by atoms with van der Waals surface area (Å²) in [5.41, 5.74) is 6.49. The van der Waals surface area contributed by atoms with Gasteiger partial charge in [-0.25, -0.2) is 0 Å². The van der Waals surface area contributed by atoms with E-state index in [9.17, 15) is 0 Å². The third kappa shape index (κ3) is 1.55. The highest BCUT2D eigenvalue weighted by molar-refractivity contribution is 6.47. The van der Waals surface area contributed by atoms with Gasteiger partial charge in [0.2, 0.25) is 0 Å². The second-order valence-corrected chi connectivity index (χ2v) is 7.29. The van der Waals surface area contributed by atoms with Gasteiger partial charge in [0.05, 0.1) is 11.7 Å². The van der Waals surface area contributed by atoms with Gasteiger partial charge in [-0.15, -0.1) is 0 Å². The van der Waals surface area contributed by atoms with E-state index in [1.165, 1.54) is 6.42 Å². The van der Waals surface area contributed by atoms with Crippen molar-refractivity contribution >= 4 is 7.12 Å². The standard InChI is InChI=1S/C14H26BNO2/c1-5-6-12(16)15-17-11-8-9-7-10(13(9,2)3)14(11,4)18-15/h9-12H,5-8,16H2,1-4H3/t9-,10-,11-,12-,14-/m0/s1. The summed E-state index contributed by atoms with van der Waals surface area (Å²) in [6.45, 7) is 9.17. The Kier molecular flexibility index (Phi) is 2.86. The van der Waals surface area contributed by atoms with E-state index in [0.29, 0.717) is 11.3 Å². The molecule has 4 rings (SSSR count). The van der Waals surface area contributed by atoms with Crippen LogP contribution in [-0.2, 0) is 9.31 Å². The SMILES string of the molecule is CCC[C@H](N)B1O[C@H]2C[C@@H]3C[C@@H](C3(C)C)[C@]2(C)O1. The van der Waals surface area contributed by atoms with E-state index in [1.54, 1.807) is 0 Å². The molecule has 1 heterocycles. The van der Waals surface area contributed by atoms with Crippen molar-refractivity contribution in [3.8, 4) is 0 Å². The van der Waals surface area contributed by atoms with Gasteiger partial charge in [-0.3, -0.25) is 0 Å². The van der Waals surface area contributed by atoms with Gasteiger partial charge in [0.25, 0.3) is 0 Å². The van der Waals surface area contributed by atoms with Crippen LogP contribution in [0.25, 0.3) is 0 Å². The van der Waals surface area contributed by atoms with Crippen molar-refractivity contribution < 1.29 is 9.31 Å². The summed E-state index contributed by atoms with van der Waals surface area (Å²) in [6, 6.07) is 0. The third-order valence-electron chi connectivity index (χ3n) is 5.94.